The van der Waals surface area contributed by atoms with Crippen LogP contribution in [0, 0.1) is 13.8 Å². The van der Waals surface area contributed by atoms with E-state index >= 15 is 0 Å². The largest absolute Gasteiger partial charge is 0.493 e. The van der Waals surface area contributed by atoms with Gasteiger partial charge < -0.3 is 39.5 Å². The normalized spacial score (nSPS) is 14.8. The highest BCUT2D eigenvalue weighted by molar-refractivity contribution is 7.90. The Balaban J connectivity index is 1.28. The van der Waals surface area contributed by atoms with Crippen molar-refractivity contribution in [2.24, 2.45) is 0 Å². The number of aliphatic carboxylic acids is 2. The zero-order chi connectivity index (χ0) is 41.3. The van der Waals surface area contributed by atoms with Gasteiger partial charge in [-0.3, -0.25) is 15.1 Å². The molecule has 0 radical (unpaired) electrons. The van der Waals surface area contributed by atoms with Gasteiger partial charge in [0.2, 0.25) is 0 Å². The van der Waals surface area contributed by atoms with E-state index in [1.165, 1.54) is 18.5 Å². The molecule has 5 N–H and O–H groups in total. The van der Waals surface area contributed by atoms with Gasteiger partial charge in [-0.15, -0.1) is 0 Å². The number of hydrogen-bond acceptors (Lipinski definition) is 12. The molecule has 1 atom stereocenters. The Morgan fingerprint density at radius 2 is 1.60 bits per heavy atom. The SMILES string of the molecule is Cc1c(COc2cc(OCc3cncc(S(C)(=O)=O)c3)c(CN[C@H](CO)C(=O)O)cc2Cl)cccc1-c1cccc(OCCCN2CCC(O)(C(=O)O)CC2)c1C. The summed E-state index contributed by atoms with van der Waals surface area (Å²) in [6.07, 6.45) is 4.96. The van der Waals surface area contributed by atoms with Gasteiger partial charge in [-0.05, 0) is 79.1 Å². The van der Waals surface area contributed by atoms with Crippen molar-refractivity contribution >= 4 is 33.4 Å². The molecule has 0 unspecified atom stereocenters. The number of hydrogen-bond donors (Lipinski definition) is 5. The van der Waals surface area contributed by atoms with Crippen molar-refractivity contribution in [3.8, 4) is 28.4 Å². The van der Waals surface area contributed by atoms with Gasteiger partial charge in [-0.2, -0.15) is 0 Å². The summed E-state index contributed by atoms with van der Waals surface area (Å²) in [5.41, 5.74) is 4.18. The molecule has 1 fully saturated rings. The van der Waals surface area contributed by atoms with E-state index in [1.54, 1.807) is 12.1 Å². The Hall–Kier alpha value is -4.77. The highest BCUT2D eigenvalue weighted by Crippen LogP contribution is 2.36. The van der Waals surface area contributed by atoms with Crippen molar-refractivity contribution < 1.29 is 52.6 Å². The van der Waals surface area contributed by atoms with Gasteiger partial charge in [0.1, 0.15) is 36.5 Å². The summed E-state index contributed by atoms with van der Waals surface area (Å²) < 4.78 is 42.7. The average molecular weight is 826 g/mol. The smallest absolute Gasteiger partial charge is 0.335 e. The summed E-state index contributed by atoms with van der Waals surface area (Å²) in [5.74, 6) is -1.04. The molecule has 1 aromatic heterocycles. The molecule has 0 bridgehead atoms. The fourth-order valence-corrected chi connectivity index (χ4v) is 7.37. The summed E-state index contributed by atoms with van der Waals surface area (Å²) in [7, 11) is -3.51. The van der Waals surface area contributed by atoms with Crippen LogP contribution in [0.1, 0.15) is 47.1 Å². The third-order valence-electron chi connectivity index (χ3n) is 10.1. The number of ether oxygens (including phenoxy) is 3. The molecular formula is C41H48ClN3O11S. The van der Waals surface area contributed by atoms with E-state index in [4.69, 9.17) is 25.8 Å². The Morgan fingerprint density at radius 1 is 0.912 bits per heavy atom. The fourth-order valence-electron chi connectivity index (χ4n) is 6.51. The molecule has 1 aliphatic heterocycles. The number of carboxylic acid groups (broad SMARTS) is 2. The number of aliphatic hydroxyl groups is 2. The minimum absolute atomic E-state index is 0.0178. The maximum absolute atomic E-state index is 12.1. The summed E-state index contributed by atoms with van der Waals surface area (Å²) in [4.78, 5) is 29.1. The molecule has 0 saturated carbocycles. The van der Waals surface area contributed by atoms with E-state index in [2.05, 4.69) is 15.2 Å². The number of rotatable bonds is 19. The Morgan fingerprint density at radius 3 is 2.26 bits per heavy atom. The van der Waals surface area contributed by atoms with Gasteiger partial charge in [0.05, 0.1) is 23.1 Å². The Bertz CT molecular complexity index is 2180. The number of nitrogens with zero attached hydrogens (tertiary/aromatic N) is 2. The fraction of sp³-hybridized carbons (Fsp3) is 0.390. The maximum Gasteiger partial charge on any atom is 0.335 e. The van der Waals surface area contributed by atoms with Gasteiger partial charge in [0.15, 0.2) is 15.4 Å². The van der Waals surface area contributed by atoms with Gasteiger partial charge in [0, 0.05) is 62.0 Å². The third-order valence-corrected chi connectivity index (χ3v) is 11.5. The van der Waals surface area contributed by atoms with Crippen LogP contribution in [-0.2, 0) is 39.2 Å². The van der Waals surface area contributed by atoms with Crippen LogP contribution in [0.5, 0.6) is 17.2 Å². The first-order valence-electron chi connectivity index (χ1n) is 18.4. The number of piperidine rings is 1. The monoisotopic (exact) mass is 825 g/mol. The number of aliphatic hydroxyl groups excluding tert-OH is 1. The van der Waals surface area contributed by atoms with E-state index in [9.17, 15) is 38.4 Å². The number of halogens is 1. The summed E-state index contributed by atoms with van der Waals surface area (Å²) in [5, 5.41) is 41.4. The minimum atomic E-state index is -3.51. The number of pyridine rings is 1. The first-order chi connectivity index (χ1) is 27.1. The van der Waals surface area contributed by atoms with Gasteiger partial charge in [-0.25, -0.2) is 13.2 Å². The Labute approximate surface area is 336 Å². The lowest BCUT2D eigenvalue weighted by Crippen LogP contribution is -2.49. The first-order valence-corrected chi connectivity index (χ1v) is 20.6. The highest BCUT2D eigenvalue weighted by atomic mass is 35.5. The van der Waals surface area contributed by atoms with Crippen LogP contribution in [0.4, 0.5) is 0 Å². The van der Waals surface area contributed by atoms with Crippen molar-refractivity contribution in [2.45, 2.75) is 69.4 Å². The lowest BCUT2D eigenvalue weighted by molar-refractivity contribution is -0.163. The van der Waals surface area contributed by atoms with E-state index in [-0.39, 0.29) is 42.5 Å². The topological polar surface area (TPSA) is 205 Å². The number of likely N-dealkylation sites (tertiary alicyclic amines) is 1. The standard InChI is InChI=1S/C41H48ClN3O11S/c1-26-29(7-4-8-32(26)33-9-5-10-36(27(33)2)54-16-6-13-45-14-11-41(51,12-15-45)40(49)50)25-56-38-19-37(30(18-34(38)42)21-44-35(23-46)39(47)48)55-24-28-17-31(22-43-20-28)57(3,52)53/h4-5,7-10,17-20,22,35,44,46,51H,6,11-16,21,23-25H2,1-3H3,(H,47,48)(H,49,50)/t35-/m1/s1. The number of carbonyl (C=O) groups is 2. The van der Waals surface area contributed by atoms with Crippen LogP contribution < -0.4 is 19.5 Å². The van der Waals surface area contributed by atoms with Crippen molar-refractivity contribution in [1.82, 2.24) is 15.2 Å². The molecular weight excluding hydrogens is 778 g/mol. The molecule has 1 saturated heterocycles. The lowest BCUT2D eigenvalue weighted by Gasteiger charge is -2.35. The van der Waals surface area contributed by atoms with Crippen molar-refractivity contribution in [3.05, 3.63) is 99.8 Å². The maximum atomic E-state index is 12.1. The van der Waals surface area contributed by atoms with Crippen LogP contribution in [0.2, 0.25) is 5.02 Å². The molecule has 4 aromatic rings. The molecule has 3 aromatic carbocycles. The zero-order valence-electron chi connectivity index (χ0n) is 32.0. The zero-order valence-corrected chi connectivity index (χ0v) is 33.6. The molecule has 0 aliphatic carbocycles. The number of aromatic nitrogens is 1. The quantitative estimate of drug-likeness (QED) is 0.0807. The highest BCUT2D eigenvalue weighted by Gasteiger charge is 2.39. The first kappa shape index (κ1) is 43.4. The molecule has 5 rings (SSSR count). The number of benzene rings is 3. The molecule has 0 amide bonds. The second-order valence-electron chi connectivity index (χ2n) is 14.1. The summed E-state index contributed by atoms with van der Waals surface area (Å²) in [6, 6.07) is 15.3. The van der Waals surface area contributed by atoms with E-state index in [0.717, 1.165) is 52.8 Å². The number of nitrogens with one attached hydrogen (secondary N) is 1. The van der Waals surface area contributed by atoms with Crippen LogP contribution in [0.15, 0.2) is 71.9 Å². The third kappa shape index (κ3) is 11.2. The van der Waals surface area contributed by atoms with Crippen molar-refractivity contribution in [2.75, 3.05) is 39.1 Å². The molecule has 16 heteroatoms. The molecule has 1 aliphatic rings. The predicted octanol–water partition coefficient (Wildman–Crippen LogP) is 4.80. The van der Waals surface area contributed by atoms with Crippen molar-refractivity contribution in [1.29, 1.82) is 0 Å². The molecule has 0 spiro atoms. The Kier molecular flexibility index (Phi) is 14.5. The van der Waals surface area contributed by atoms with Gasteiger partial charge >= 0.3 is 11.9 Å². The second-order valence-corrected chi connectivity index (χ2v) is 16.5. The average Bonchev–Trinajstić information content (AvgIpc) is 3.17. The van der Waals surface area contributed by atoms with Gasteiger partial charge in [-0.1, -0.05) is 41.9 Å². The van der Waals surface area contributed by atoms with Crippen LogP contribution in [-0.4, -0.2) is 101 Å². The van der Waals surface area contributed by atoms with Gasteiger partial charge in [0.25, 0.3) is 0 Å². The molecule has 306 valence electrons. The van der Waals surface area contributed by atoms with E-state index in [0.29, 0.717) is 42.3 Å². The van der Waals surface area contributed by atoms with E-state index in [1.807, 2.05) is 50.2 Å². The minimum Gasteiger partial charge on any atom is -0.493 e. The molecule has 57 heavy (non-hydrogen) atoms. The number of sulfone groups is 1. The lowest BCUT2D eigenvalue weighted by atomic mass is 9.91. The van der Waals surface area contributed by atoms with E-state index < -0.39 is 40.0 Å². The van der Waals surface area contributed by atoms with Crippen LogP contribution in [0.3, 0.4) is 0 Å². The van der Waals surface area contributed by atoms with Crippen LogP contribution >= 0.6 is 11.6 Å². The second kappa shape index (κ2) is 19.1. The van der Waals surface area contributed by atoms with Crippen LogP contribution in [0.25, 0.3) is 11.1 Å². The van der Waals surface area contributed by atoms with Crippen molar-refractivity contribution in [3.63, 3.8) is 0 Å². The number of carboxylic acids is 2. The molecule has 14 nitrogen and oxygen atoms in total. The summed E-state index contributed by atoms with van der Waals surface area (Å²) in [6.45, 7) is 5.70. The summed E-state index contributed by atoms with van der Waals surface area (Å²) >= 11 is 6.69. The predicted molar refractivity (Wildman–Crippen MR) is 213 cm³/mol. The molecule has 2 heterocycles.